The van der Waals surface area contributed by atoms with Gasteiger partial charge < -0.3 is 4.57 Å². The fraction of sp³-hybridized carbons (Fsp3) is 0.0222. The maximum absolute atomic E-state index is 5.19. The van der Waals surface area contributed by atoms with Crippen molar-refractivity contribution in [1.82, 2.24) is 24.5 Å². The Morgan fingerprint density at radius 3 is 1.76 bits per heavy atom. The monoisotopic (exact) mass is 641 g/mol. The smallest absolute Gasteiger partial charge is 0.166 e. The predicted molar refractivity (Wildman–Crippen MR) is 204 cm³/mol. The lowest BCUT2D eigenvalue weighted by Gasteiger charge is -2.16. The number of benzene rings is 6. The molecule has 0 spiro atoms. The van der Waals surface area contributed by atoms with Gasteiger partial charge in [-0.1, -0.05) is 127 Å². The normalized spacial score (nSPS) is 11.3. The highest BCUT2D eigenvalue weighted by molar-refractivity contribution is 6.10. The zero-order chi connectivity index (χ0) is 33.4. The Morgan fingerprint density at radius 1 is 0.420 bits per heavy atom. The molecule has 3 aromatic heterocycles. The first-order valence-electron chi connectivity index (χ1n) is 16.7. The van der Waals surface area contributed by atoms with E-state index in [4.69, 9.17) is 19.9 Å². The molecule has 5 nitrogen and oxygen atoms in total. The highest BCUT2D eigenvalue weighted by Gasteiger charge is 2.21. The molecule has 236 valence electrons. The first-order valence-corrected chi connectivity index (χ1v) is 16.7. The summed E-state index contributed by atoms with van der Waals surface area (Å²) < 4.78 is 2.36. The molecule has 0 radical (unpaired) electrons. The summed E-state index contributed by atoms with van der Waals surface area (Å²) in [7, 11) is 0. The number of rotatable bonds is 6. The van der Waals surface area contributed by atoms with E-state index in [0.29, 0.717) is 17.5 Å². The molecule has 5 heteroatoms. The van der Waals surface area contributed by atoms with Crippen LogP contribution >= 0.6 is 0 Å². The Hall–Kier alpha value is -6.72. The van der Waals surface area contributed by atoms with Crippen molar-refractivity contribution >= 4 is 21.8 Å². The molecular formula is C45H31N5. The third-order valence-corrected chi connectivity index (χ3v) is 9.27. The molecule has 9 rings (SSSR count). The first-order chi connectivity index (χ1) is 24.7. The molecule has 0 aliphatic rings. The van der Waals surface area contributed by atoms with E-state index in [0.717, 1.165) is 44.7 Å². The van der Waals surface area contributed by atoms with Gasteiger partial charge in [0.25, 0.3) is 0 Å². The number of pyridine rings is 1. The molecule has 0 bridgehead atoms. The number of fused-ring (bicyclic) bond motifs is 3. The maximum atomic E-state index is 5.19. The van der Waals surface area contributed by atoms with Crippen LogP contribution in [0.15, 0.2) is 170 Å². The van der Waals surface area contributed by atoms with Crippen LogP contribution in [0.3, 0.4) is 0 Å². The van der Waals surface area contributed by atoms with Crippen LogP contribution in [0, 0.1) is 6.92 Å². The van der Waals surface area contributed by atoms with Crippen molar-refractivity contribution in [3.63, 3.8) is 0 Å². The molecule has 3 heterocycles. The van der Waals surface area contributed by atoms with Crippen LogP contribution in [0.2, 0.25) is 0 Å². The van der Waals surface area contributed by atoms with Gasteiger partial charge in [-0.2, -0.15) is 0 Å². The topological polar surface area (TPSA) is 56.5 Å². The minimum atomic E-state index is 0.589. The molecule has 0 aliphatic carbocycles. The maximum Gasteiger partial charge on any atom is 0.166 e. The van der Waals surface area contributed by atoms with E-state index in [2.05, 4.69) is 96.4 Å². The number of para-hydroxylation sites is 1. The van der Waals surface area contributed by atoms with Crippen LogP contribution in [-0.2, 0) is 0 Å². The van der Waals surface area contributed by atoms with Gasteiger partial charge in [0.05, 0.1) is 22.4 Å². The molecule has 0 atom stereocenters. The molecule has 50 heavy (non-hydrogen) atoms. The number of nitrogens with zero attached hydrogens (tertiary/aromatic N) is 5. The average Bonchev–Trinajstić information content (AvgIpc) is 3.52. The summed E-state index contributed by atoms with van der Waals surface area (Å²) in [5, 5.41) is 2.37. The Bertz CT molecular complexity index is 2590. The van der Waals surface area contributed by atoms with Crippen LogP contribution < -0.4 is 0 Å². The number of aryl methyl sites for hydroxylation is 1. The van der Waals surface area contributed by atoms with E-state index < -0.39 is 0 Å². The van der Waals surface area contributed by atoms with Gasteiger partial charge in [-0.25, -0.2) is 15.0 Å². The second-order valence-electron chi connectivity index (χ2n) is 12.4. The van der Waals surface area contributed by atoms with Gasteiger partial charge in [0.1, 0.15) is 0 Å². The highest BCUT2D eigenvalue weighted by atomic mass is 15.1. The van der Waals surface area contributed by atoms with Crippen molar-refractivity contribution in [1.29, 1.82) is 0 Å². The molecule has 0 fully saturated rings. The second kappa shape index (κ2) is 12.4. The molecule has 0 N–H and O–H groups in total. The minimum Gasteiger partial charge on any atom is -0.308 e. The molecular weight excluding hydrogens is 611 g/mol. The Labute approximate surface area is 290 Å². The van der Waals surface area contributed by atoms with E-state index in [1.54, 1.807) is 0 Å². The summed E-state index contributed by atoms with van der Waals surface area (Å²) >= 11 is 0. The van der Waals surface area contributed by atoms with Gasteiger partial charge in [0.15, 0.2) is 17.5 Å². The Morgan fingerprint density at radius 2 is 1.04 bits per heavy atom. The summed E-state index contributed by atoms with van der Waals surface area (Å²) in [5.41, 5.74) is 11.4. The lowest BCUT2D eigenvalue weighted by Crippen LogP contribution is -2.04. The summed E-state index contributed by atoms with van der Waals surface area (Å²) in [6, 6.07) is 56.7. The van der Waals surface area contributed by atoms with Crippen molar-refractivity contribution < 1.29 is 0 Å². The van der Waals surface area contributed by atoms with Gasteiger partial charge in [-0.05, 0) is 60.0 Å². The van der Waals surface area contributed by atoms with E-state index >= 15 is 0 Å². The largest absolute Gasteiger partial charge is 0.308 e. The van der Waals surface area contributed by atoms with Crippen LogP contribution in [0.5, 0.6) is 0 Å². The van der Waals surface area contributed by atoms with Crippen LogP contribution in [0.25, 0.3) is 84.0 Å². The third-order valence-electron chi connectivity index (χ3n) is 9.27. The van der Waals surface area contributed by atoms with Gasteiger partial charge in [0, 0.05) is 39.2 Å². The van der Waals surface area contributed by atoms with Crippen LogP contribution in [-0.4, -0.2) is 24.5 Å². The molecule has 0 aliphatic heterocycles. The van der Waals surface area contributed by atoms with Crippen molar-refractivity contribution in [2.45, 2.75) is 6.92 Å². The predicted octanol–water partition coefficient (Wildman–Crippen LogP) is 11.0. The lowest BCUT2D eigenvalue weighted by atomic mass is 9.99. The Kier molecular flexibility index (Phi) is 7.29. The van der Waals surface area contributed by atoms with E-state index in [1.807, 2.05) is 85.1 Å². The molecule has 0 saturated heterocycles. The summed E-state index contributed by atoms with van der Waals surface area (Å²) in [5.74, 6) is 1.83. The second-order valence-corrected chi connectivity index (χ2v) is 12.4. The van der Waals surface area contributed by atoms with Crippen molar-refractivity contribution in [3.05, 3.63) is 176 Å². The number of aromatic nitrogens is 5. The van der Waals surface area contributed by atoms with Crippen LogP contribution in [0.1, 0.15) is 5.56 Å². The zero-order valence-corrected chi connectivity index (χ0v) is 27.4. The Balaban J connectivity index is 1.36. The van der Waals surface area contributed by atoms with Crippen LogP contribution in [0.4, 0.5) is 0 Å². The standard InChI is InChI=1S/C45H31N5/c1-30-14-8-9-19-35(30)33-23-25-37-36-20-10-11-22-40(36)50(42(37)29-33)41-26-24-34(39-21-12-13-27-46-39)28-38(41)45-48-43(31-15-4-2-5-16-31)47-44(49-45)32-17-6-3-7-18-32/h2-29H,1H3. The average molecular weight is 642 g/mol. The quantitative estimate of drug-likeness (QED) is 0.181. The van der Waals surface area contributed by atoms with Gasteiger partial charge >= 0.3 is 0 Å². The SMILES string of the molecule is Cc1ccccc1-c1ccc2c3ccccc3n(-c3ccc(-c4ccccn4)cc3-c3nc(-c4ccccc4)nc(-c4ccccc4)n3)c2c1. The van der Waals surface area contributed by atoms with Gasteiger partial charge in [-0.15, -0.1) is 0 Å². The fourth-order valence-corrected chi connectivity index (χ4v) is 6.83. The summed E-state index contributed by atoms with van der Waals surface area (Å²) in [6.07, 6.45) is 1.83. The molecule has 0 amide bonds. The lowest BCUT2D eigenvalue weighted by molar-refractivity contribution is 1.06. The number of hydrogen-bond donors (Lipinski definition) is 0. The highest BCUT2D eigenvalue weighted by Crippen LogP contribution is 2.39. The molecule has 0 saturated carbocycles. The summed E-state index contributed by atoms with van der Waals surface area (Å²) in [6.45, 7) is 2.17. The van der Waals surface area contributed by atoms with Crippen molar-refractivity contribution in [3.8, 4) is 62.2 Å². The fourth-order valence-electron chi connectivity index (χ4n) is 6.83. The zero-order valence-electron chi connectivity index (χ0n) is 27.4. The summed E-state index contributed by atoms with van der Waals surface area (Å²) in [4.78, 5) is 20.1. The molecule has 0 unspecified atom stereocenters. The van der Waals surface area contributed by atoms with Crippen molar-refractivity contribution in [2.24, 2.45) is 0 Å². The third kappa shape index (κ3) is 5.22. The first kappa shape index (κ1) is 29.4. The molecule has 6 aromatic carbocycles. The van der Waals surface area contributed by atoms with E-state index in [9.17, 15) is 0 Å². The molecule has 9 aromatic rings. The van der Waals surface area contributed by atoms with Gasteiger partial charge in [-0.3, -0.25) is 4.98 Å². The van der Waals surface area contributed by atoms with E-state index in [1.165, 1.54) is 27.5 Å². The number of hydrogen-bond acceptors (Lipinski definition) is 4. The van der Waals surface area contributed by atoms with E-state index in [-0.39, 0.29) is 0 Å². The minimum absolute atomic E-state index is 0.589. The van der Waals surface area contributed by atoms with Gasteiger partial charge in [0.2, 0.25) is 0 Å². The van der Waals surface area contributed by atoms with Crippen molar-refractivity contribution in [2.75, 3.05) is 0 Å².